The van der Waals surface area contributed by atoms with Crippen LogP contribution in [0.5, 0.6) is 0 Å². The summed E-state index contributed by atoms with van der Waals surface area (Å²) < 4.78 is 0. The van der Waals surface area contributed by atoms with Gasteiger partial charge in [0.2, 0.25) is 5.91 Å². The first-order valence-corrected chi connectivity index (χ1v) is 11.6. The van der Waals surface area contributed by atoms with Gasteiger partial charge in [0.05, 0.1) is 24.8 Å². The van der Waals surface area contributed by atoms with E-state index in [2.05, 4.69) is 39.3 Å². The normalized spacial score (nSPS) is 22.7. The standard InChI is InChI=1S/C22H27N7OS/c1-14(2)20-22(30)26-18-12-28(13-19-23-7-10-31-19)8-9-29(18)11-17-24-16-6-4-3-5-15(16)21(25-17)27-20/h3-7,10,14,18,20H,8-9,11-13H2,1-2H3,(H,26,30)(H,24,25,27)/t18?,20-/m0/s1. The van der Waals surface area contributed by atoms with Crippen molar-refractivity contribution in [3.63, 3.8) is 0 Å². The van der Waals surface area contributed by atoms with Crippen molar-refractivity contribution in [1.82, 2.24) is 30.1 Å². The van der Waals surface area contributed by atoms with Gasteiger partial charge < -0.3 is 10.6 Å². The molecule has 0 saturated carbocycles. The second-order valence-corrected chi connectivity index (χ2v) is 9.51. The van der Waals surface area contributed by atoms with E-state index in [-0.39, 0.29) is 24.0 Å². The van der Waals surface area contributed by atoms with Gasteiger partial charge in [-0.05, 0) is 18.1 Å². The van der Waals surface area contributed by atoms with Crippen molar-refractivity contribution in [3.05, 3.63) is 46.7 Å². The number of thiazole rings is 1. The Bertz CT molecular complexity index is 1070. The van der Waals surface area contributed by atoms with Gasteiger partial charge >= 0.3 is 0 Å². The number of fused-ring (bicyclic) bond motifs is 5. The molecular weight excluding hydrogens is 410 g/mol. The average molecular weight is 438 g/mol. The van der Waals surface area contributed by atoms with Gasteiger partial charge in [-0.1, -0.05) is 26.0 Å². The van der Waals surface area contributed by atoms with Crippen LogP contribution >= 0.6 is 11.3 Å². The molecule has 9 heteroatoms. The highest BCUT2D eigenvalue weighted by atomic mass is 32.1. The molecule has 2 aliphatic rings. The summed E-state index contributed by atoms with van der Waals surface area (Å²) in [6, 6.07) is 7.60. The Balaban J connectivity index is 1.48. The fourth-order valence-electron chi connectivity index (χ4n) is 4.29. The molecule has 2 atom stereocenters. The second-order valence-electron chi connectivity index (χ2n) is 8.53. The van der Waals surface area contributed by atoms with Gasteiger partial charge in [-0.2, -0.15) is 0 Å². The van der Waals surface area contributed by atoms with Gasteiger partial charge in [-0.3, -0.25) is 14.6 Å². The predicted molar refractivity (Wildman–Crippen MR) is 122 cm³/mol. The van der Waals surface area contributed by atoms with Crippen LogP contribution in [0.4, 0.5) is 5.82 Å². The highest BCUT2D eigenvalue weighted by molar-refractivity contribution is 7.09. The zero-order chi connectivity index (χ0) is 21.4. The lowest BCUT2D eigenvalue weighted by molar-refractivity contribution is -0.125. The maximum absolute atomic E-state index is 13.3. The molecule has 162 valence electrons. The van der Waals surface area contributed by atoms with E-state index in [1.807, 2.05) is 35.8 Å². The van der Waals surface area contributed by atoms with Gasteiger partial charge in [-0.15, -0.1) is 11.3 Å². The van der Waals surface area contributed by atoms with Gasteiger partial charge in [0.15, 0.2) is 0 Å². The number of benzene rings is 1. The van der Waals surface area contributed by atoms with Gasteiger partial charge in [0.25, 0.3) is 0 Å². The van der Waals surface area contributed by atoms with E-state index < -0.39 is 0 Å². The number of amides is 1. The van der Waals surface area contributed by atoms with Crippen LogP contribution in [0.3, 0.4) is 0 Å². The van der Waals surface area contributed by atoms with E-state index >= 15 is 0 Å². The number of anilines is 1. The SMILES string of the molecule is CC(C)[C@@H]1Nc2nc(nc3ccccc23)CN2CCN(Cc3nccs3)CC2NC1=O. The zero-order valence-electron chi connectivity index (χ0n) is 17.8. The Hall–Kier alpha value is -2.62. The number of nitrogens with zero attached hydrogens (tertiary/aromatic N) is 5. The molecule has 2 bridgehead atoms. The molecule has 1 saturated heterocycles. The van der Waals surface area contributed by atoms with E-state index in [1.165, 1.54) is 0 Å². The molecule has 31 heavy (non-hydrogen) atoms. The number of hydrogen-bond donors (Lipinski definition) is 2. The molecule has 0 aliphatic carbocycles. The van der Waals surface area contributed by atoms with Gasteiger partial charge in [0.1, 0.15) is 22.7 Å². The molecule has 2 N–H and O–H groups in total. The lowest BCUT2D eigenvalue weighted by atomic mass is 10.0. The molecule has 0 spiro atoms. The highest BCUT2D eigenvalue weighted by Crippen LogP contribution is 2.25. The van der Waals surface area contributed by atoms with Crippen LogP contribution in [0.25, 0.3) is 10.9 Å². The molecular formula is C22H27N7OS. The van der Waals surface area contributed by atoms with Crippen LogP contribution in [0.1, 0.15) is 24.7 Å². The molecule has 8 nitrogen and oxygen atoms in total. The predicted octanol–water partition coefficient (Wildman–Crippen LogP) is 2.30. The largest absolute Gasteiger partial charge is 0.358 e. The summed E-state index contributed by atoms with van der Waals surface area (Å²) >= 11 is 1.67. The summed E-state index contributed by atoms with van der Waals surface area (Å²) in [5.41, 5.74) is 0.900. The van der Waals surface area contributed by atoms with E-state index in [0.29, 0.717) is 6.54 Å². The van der Waals surface area contributed by atoms with Crippen LogP contribution in [0.2, 0.25) is 0 Å². The minimum absolute atomic E-state index is 0.00671. The first-order chi connectivity index (χ1) is 15.1. The summed E-state index contributed by atoms with van der Waals surface area (Å²) in [5.74, 6) is 1.63. The highest BCUT2D eigenvalue weighted by Gasteiger charge is 2.33. The number of aromatic nitrogens is 3. The molecule has 1 fully saturated rings. The van der Waals surface area contributed by atoms with Crippen molar-refractivity contribution >= 4 is 34.0 Å². The molecule has 1 unspecified atom stereocenters. The third-order valence-electron chi connectivity index (χ3n) is 5.96. The van der Waals surface area contributed by atoms with E-state index in [0.717, 1.165) is 53.7 Å². The summed E-state index contributed by atoms with van der Waals surface area (Å²) in [4.78, 5) is 32.0. The summed E-state index contributed by atoms with van der Waals surface area (Å²) in [5, 5.41) is 10.8. The van der Waals surface area contributed by atoms with Gasteiger partial charge in [0, 0.05) is 36.6 Å². The second kappa shape index (κ2) is 8.49. The van der Waals surface area contributed by atoms with Crippen LogP contribution < -0.4 is 10.6 Å². The Morgan fingerprint density at radius 2 is 2.06 bits per heavy atom. The quantitative estimate of drug-likeness (QED) is 0.650. The fraction of sp³-hybridized carbons (Fsp3) is 0.455. The van der Waals surface area contributed by atoms with Crippen molar-refractivity contribution in [2.45, 2.75) is 39.1 Å². The third kappa shape index (κ3) is 4.26. The summed E-state index contributed by atoms with van der Waals surface area (Å²) in [6.45, 7) is 8.01. The van der Waals surface area contributed by atoms with Gasteiger partial charge in [-0.25, -0.2) is 15.0 Å². The Morgan fingerprint density at radius 3 is 2.87 bits per heavy atom. The lowest BCUT2D eigenvalue weighted by Crippen LogP contribution is -2.62. The monoisotopic (exact) mass is 437 g/mol. The van der Waals surface area contributed by atoms with Crippen LogP contribution in [-0.4, -0.2) is 62.5 Å². The number of hydrogen-bond acceptors (Lipinski definition) is 8. The average Bonchev–Trinajstić information content (AvgIpc) is 3.26. The molecule has 5 rings (SSSR count). The van der Waals surface area contributed by atoms with Crippen molar-refractivity contribution in [2.24, 2.45) is 5.92 Å². The van der Waals surface area contributed by atoms with Crippen molar-refractivity contribution in [3.8, 4) is 0 Å². The van der Waals surface area contributed by atoms with E-state index in [4.69, 9.17) is 9.97 Å². The van der Waals surface area contributed by atoms with Crippen molar-refractivity contribution in [2.75, 3.05) is 25.0 Å². The first kappa shape index (κ1) is 20.3. The Kier molecular flexibility index (Phi) is 5.56. The zero-order valence-corrected chi connectivity index (χ0v) is 18.6. The lowest BCUT2D eigenvalue weighted by Gasteiger charge is -2.42. The number of nitrogens with one attached hydrogen (secondary N) is 2. The number of carbonyl (C=O) groups is 1. The Morgan fingerprint density at radius 1 is 1.19 bits per heavy atom. The number of carbonyl (C=O) groups excluding carboxylic acids is 1. The minimum Gasteiger partial charge on any atom is -0.358 e. The molecule has 2 aromatic heterocycles. The molecule has 1 amide bonds. The Labute approximate surface area is 185 Å². The van der Waals surface area contributed by atoms with Crippen LogP contribution in [-0.2, 0) is 17.9 Å². The number of para-hydroxylation sites is 1. The fourth-order valence-corrected chi connectivity index (χ4v) is 4.95. The summed E-state index contributed by atoms with van der Waals surface area (Å²) in [7, 11) is 0. The molecule has 4 heterocycles. The van der Waals surface area contributed by atoms with E-state index in [9.17, 15) is 4.79 Å². The third-order valence-corrected chi connectivity index (χ3v) is 6.73. The maximum atomic E-state index is 13.3. The molecule has 2 aliphatic heterocycles. The van der Waals surface area contributed by atoms with Crippen molar-refractivity contribution < 1.29 is 4.79 Å². The maximum Gasteiger partial charge on any atom is 0.244 e. The topological polar surface area (TPSA) is 86.3 Å². The first-order valence-electron chi connectivity index (χ1n) is 10.7. The van der Waals surface area contributed by atoms with Crippen molar-refractivity contribution in [1.29, 1.82) is 0 Å². The van der Waals surface area contributed by atoms with Crippen LogP contribution in [0.15, 0.2) is 35.8 Å². The molecule has 3 aromatic rings. The van der Waals surface area contributed by atoms with Crippen LogP contribution in [0, 0.1) is 5.92 Å². The molecule has 0 radical (unpaired) electrons. The number of piperazine rings is 1. The minimum atomic E-state index is -0.375. The number of rotatable bonds is 3. The smallest absolute Gasteiger partial charge is 0.244 e. The summed E-state index contributed by atoms with van der Waals surface area (Å²) in [6.07, 6.45) is 1.75. The van der Waals surface area contributed by atoms with E-state index in [1.54, 1.807) is 11.3 Å². The molecule has 1 aromatic carbocycles.